The second kappa shape index (κ2) is 10.6. The topological polar surface area (TPSA) is 82.9 Å². The average Bonchev–Trinajstić information content (AvgIpc) is 3.50. The summed E-state index contributed by atoms with van der Waals surface area (Å²) in [6, 6.07) is 14.8. The molecular weight excluding hydrogens is 454 g/mol. The van der Waals surface area contributed by atoms with Crippen LogP contribution in [-0.2, 0) is 34.4 Å². The summed E-state index contributed by atoms with van der Waals surface area (Å²) in [7, 11) is -0.662. The molecule has 3 aromatic rings. The fraction of sp³-hybridized carbons (Fsp3) is 0.400. The van der Waals surface area contributed by atoms with Crippen molar-refractivity contribution in [1.82, 2.24) is 13.9 Å². The van der Waals surface area contributed by atoms with Gasteiger partial charge in [0.05, 0.1) is 26.9 Å². The van der Waals surface area contributed by atoms with Gasteiger partial charge in [-0.05, 0) is 55.2 Å². The lowest BCUT2D eigenvalue weighted by Gasteiger charge is -2.21. The van der Waals surface area contributed by atoms with Crippen molar-refractivity contribution >= 4 is 10.0 Å². The number of ether oxygens (including phenoxy) is 3. The molecule has 2 heterocycles. The van der Waals surface area contributed by atoms with Gasteiger partial charge in [0.1, 0.15) is 17.3 Å². The number of hydrogen-bond donors (Lipinski definition) is 0. The first kappa shape index (κ1) is 24.3. The molecule has 4 rings (SSSR count). The minimum Gasteiger partial charge on any atom is -0.497 e. The van der Waals surface area contributed by atoms with Crippen molar-refractivity contribution in [2.45, 2.75) is 50.5 Å². The first-order valence-electron chi connectivity index (χ1n) is 11.3. The van der Waals surface area contributed by atoms with Gasteiger partial charge in [-0.25, -0.2) is 13.4 Å². The fourth-order valence-corrected chi connectivity index (χ4v) is 5.43. The predicted octanol–water partition coefficient (Wildman–Crippen LogP) is 3.78. The van der Waals surface area contributed by atoms with Crippen LogP contribution >= 0.6 is 0 Å². The van der Waals surface area contributed by atoms with Crippen molar-refractivity contribution in [1.29, 1.82) is 0 Å². The van der Waals surface area contributed by atoms with E-state index in [2.05, 4.69) is 4.98 Å². The Labute approximate surface area is 201 Å². The van der Waals surface area contributed by atoms with E-state index in [0.29, 0.717) is 12.4 Å². The molecule has 0 aliphatic carbocycles. The Morgan fingerprint density at radius 3 is 2.03 bits per heavy atom. The summed E-state index contributed by atoms with van der Waals surface area (Å²) >= 11 is 0. The average molecular weight is 486 g/mol. The third-order valence-electron chi connectivity index (χ3n) is 6.02. The zero-order valence-corrected chi connectivity index (χ0v) is 20.6. The zero-order chi connectivity index (χ0) is 24.1. The number of imidazole rings is 1. The summed E-state index contributed by atoms with van der Waals surface area (Å²) in [6.45, 7) is 3.59. The highest BCUT2D eigenvalue weighted by molar-refractivity contribution is 7.89. The molecular formula is C25H31N3O5S. The lowest BCUT2D eigenvalue weighted by molar-refractivity contribution is 0.0964. The molecule has 1 atom stereocenters. The van der Waals surface area contributed by atoms with E-state index in [1.807, 2.05) is 60.0 Å². The Kier molecular flexibility index (Phi) is 7.55. The molecule has 182 valence electrons. The molecule has 34 heavy (non-hydrogen) atoms. The molecule has 1 fully saturated rings. The minimum atomic E-state index is -3.87. The number of nitrogens with zero attached hydrogens (tertiary/aromatic N) is 3. The lowest BCUT2D eigenvalue weighted by Crippen LogP contribution is -2.30. The SMILES string of the molecule is COc1ccc(CN(Cc2ccc(OC)cc2)S(=O)(=O)c2cn(CC3CCCO3)c(C)n2)cc1. The summed E-state index contributed by atoms with van der Waals surface area (Å²) in [5.74, 6) is 2.09. The van der Waals surface area contributed by atoms with Gasteiger partial charge in [-0.1, -0.05) is 24.3 Å². The zero-order valence-electron chi connectivity index (χ0n) is 19.8. The highest BCUT2D eigenvalue weighted by Crippen LogP contribution is 2.24. The van der Waals surface area contributed by atoms with Crippen molar-refractivity contribution < 1.29 is 22.6 Å². The largest absolute Gasteiger partial charge is 0.497 e. The van der Waals surface area contributed by atoms with Gasteiger partial charge >= 0.3 is 0 Å². The highest BCUT2D eigenvalue weighted by Gasteiger charge is 2.29. The lowest BCUT2D eigenvalue weighted by atomic mass is 10.2. The Morgan fingerprint density at radius 1 is 1.00 bits per heavy atom. The van der Waals surface area contributed by atoms with Crippen molar-refractivity contribution in [3.8, 4) is 11.5 Å². The van der Waals surface area contributed by atoms with Crippen LogP contribution in [0.1, 0.15) is 29.8 Å². The molecule has 1 aliphatic rings. The number of sulfonamides is 1. The van der Waals surface area contributed by atoms with Crippen LogP contribution in [0, 0.1) is 6.92 Å². The number of aromatic nitrogens is 2. The maximum Gasteiger partial charge on any atom is 0.262 e. The van der Waals surface area contributed by atoms with Crippen molar-refractivity contribution in [2.75, 3.05) is 20.8 Å². The van der Waals surface area contributed by atoms with Gasteiger partial charge in [0.25, 0.3) is 10.0 Å². The summed E-state index contributed by atoms with van der Waals surface area (Å²) in [5, 5.41) is 0.0463. The van der Waals surface area contributed by atoms with Crippen LogP contribution in [0.2, 0.25) is 0 Å². The van der Waals surface area contributed by atoms with E-state index in [1.54, 1.807) is 20.4 Å². The third kappa shape index (κ3) is 5.60. The Balaban J connectivity index is 1.62. The van der Waals surface area contributed by atoms with Crippen molar-refractivity contribution in [3.05, 3.63) is 71.7 Å². The van der Waals surface area contributed by atoms with Gasteiger partial charge in [0, 0.05) is 25.9 Å². The minimum absolute atomic E-state index is 0.0463. The molecule has 0 radical (unpaired) electrons. The molecule has 1 aliphatic heterocycles. The second-order valence-electron chi connectivity index (χ2n) is 8.38. The number of benzene rings is 2. The maximum atomic E-state index is 13.8. The van der Waals surface area contributed by atoms with E-state index >= 15 is 0 Å². The number of aryl methyl sites for hydroxylation is 1. The van der Waals surface area contributed by atoms with Crippen LogP contribution in [0.5, 0.6) is 11.5 Å². The molecule has 1 aromatic heterocycles. The van der Waals surface area contributed by atoms with Gasteiger partial charge in [-0.3, -0.25) is 0 Å². The summed E-state index contributed by atoms with van der Waals surface area (Å²) in [6.07, 6.45) is 3.72. The summed E-state index contributed by atoms with van der Waals surface area (Å²) in [5.41, 5.74) is 1.71. The second-order valence-corrected chi connectivity index (χ2v) is 10.3. The van der Waals surface area contributed by atoms with Crippen LogP contribution in [0.4, 0.5) is 0 Å². The van der Waals surface area contributed by atoms with Crippen molar-refractivity contribution in [2.24, 2.45) is 0 Å². The van der Waals surface area contributed by atoms with E-state index in [4.69, 9.17) is 14.2 Å². The number of rotatable bonds is 10. The molecule has 1 saturated heterocycles. The van der Waals surface area contributed by atoms with Crippen LogP contribution in [0.3, 0.4) is 0 Å². The first-order chi connectivity index (χ1) is 16.4. The number of hydrogen-bond acceptors (Lipinski definition) is 6. The third-order valence-corrected chi connectivity index (χ3v) is 7.68. The predicted molar refractivity (Wildman–Crippen MR) is 128 cm³/mol. The normalized spacial score (nSPS) is 16.2. The molecule has 8 nitrogen and oxygen atoms in total. The molecule has 2 aromatic carbocycles. The number of methoxy groups -OCH3 is 2. The molecule has 9 heteroatoms. The summed E-state index contributed by atoms with van der Waals surface area (Å²) in [4.78, 5) is 4.42. The van der Waals surface area contributed by atoms with Gasteiger partial charge in [0.15, 0.2) is 5.03 Å². The Morgan fingerprint density at radius 2 is 1.56 bits per heavy atom. The van der Waals surface area contributed by atoms with Crippen molar-refractivity contribution in [3.63, 3.8) is 0 Å². The standard InChI is InChI=1S/C25H31N3O5S/c1-19-26-25(18-27(19)17-24-5-4-14-33-24)34(29,30)28(15-20-6-10-22(31-2)11-7-20)16-21-8-12-23(32-3)13-9-21/h6-13,18,24H,4-5,14-17H2,1-3H3. The van der Waals surface area contributed by atoms with Crippen LogP contribution in [0.15, 0.2) is 59.8 Å². The van der Waals surface area contributed by atoms with Gasteiger partial charge in [-0.15, -0.1) is 0 Å². The Bertz CT molecular complexity index is 1130. The van der Waals surface area contributed by atoms with Gasteiger partial charge < -0.3 is 18.8 Å². The molecule has 0 saturated carbocycles. The molecule has 1 unspecified atom stereocenters. The quantitative estimate of drug-likeness (QED) is 0.435. The van der Waals surface area contributed by atoms with E-state index in [9.17, 15) is 8.42 Å². The smallest absolute Gasteiger partial charge is 0.262 e. The monoisotopic (exact) mass is 485 g/mol. The van der Waals surface area contributed by atoms with Crippen LogP contribution < -0.4 is 9.47 Å². The highest BCUT2D eigenvalue weighted by atomic mass is 32.2. The van der Waals surface area contributed by atoms with Gasteiger partial charge in [0.2, 0.25) is 0 Å². The van der Waals surface area contributed by atoms with Crippen LogP contribution in [-0.4, -0.2) is 49.2 Å². The first-order valence-corrected chi connectivity index (χ1v) is 12.7. The van der Waals surface area contributed by atoms with E-state index in [-0.39, 0.29) is 24.2 Å². The van der Waals surface area contributed by atoms with E-state index in [0.717, 1.165) is 42.1 Å². The molecule has 0 bridgehead atoms. The fourth-order valence-electron chi connectivity index (χ4n) is 4.02. The summed E-state index contributed by atoms with van der Waals surface area (Å²) < 4.78 is 47.0. The molecule has 0 spiro atoms. The van der Waals surface area contributed by atoms with E-state index in [1.165, 1.54) is 4.31 Å². The maximum absolute atomic E-state index is 13.8. The van der Waals surface area contributed by atoms with E-state index < -0.39 is 10.0 Å². The molecule has 0 N–H and O–H groups in total. The molecule has 0 amide bonds. The van der Waals surface area contributed by atoms with Crippen LogP contribution in [0.25, 0.3) is 0 Å². The van der Waals surface area contributed by atoms with Gasteiger partial charge in [-0.2, -0.15) is 4.31 Å². The Hall–Kier alpha value is -2.88.